The van der Waals surface area contributed by atoms with Gasteiger partial charge in [0.25, 0.3) is 0 Å². The van der Waals surface area contributed by atoms with E-state index in [4.69, 9.17) is 21.3 Å². The van der Waals surface area contributed by atoms with Gasteiger partial charge in [0.05, 0.1) is 13.2 Å². The SMILES string of the molecule is CCNC(=NCCCc1ccccc1Cl)N1CCC(CN2CCOCC2)C1.I. The number of likely N-dealkylation sites (tertiary alicyclic amines) is 1. The second-order valence-electron chi connectivity index (χ2n) is 7.44. The molecule has 2 fully saturated rings. The number of hydrogen-bond acceptors (Lipinski definition) is 3. The van der Waals surface area contributed by atoms with Crippen LogP contribution in [0.15, 0.2) is 29.3 Å². The van der Waals surface area contributed by atoms with E-state index in [0.717, 1.165) is 82.2 Å². The first-order valence-electron chi connectivity index (χ1n) is 10.3. The number of aliphatic imine (C=N–C) groups is 1. The number of benzene rings is 1. The number of aryl methyl sites for hydroxylation is 1. The molecule has 2 aliphatic rings. The summed E-state index contributed by atoms with van der Waals surface area (Å²) in [5.74, 6) is 1.80. The summed E-state index contributed by atoms with van der Waals surface area (Å²) in [7, 11) is 0. The molecule has 2 aliphatic heterocycles. The molecule has 7 heteroatoms. The zero-order chi connectivity index (χ0) is 18.9. The normalized spacial score (nSPS) is 20.9. The highest BCUT2D eigenvalue weighted by molar-refractivity contribution is 14.0. The maximum absolute atomic E-state index is 6.25. The van der Waals surface area contributed by atoms with Gasteiger partial charge >= 0.3 is 0 Å². The van der Waals surface area contributed by atoms with Crippen LogP contribution >= 0.6 is 35.6 Å². The number of nitrogens with zero attached hydrogens (tertiary/aromatic N) is 3. The third kappa shape index (κ3) is 7.35. The highest BCUT2D eigenvalue weighted by atomic mass is 127. The molecule has 1 aromatic carbocycles. The van der Waals surface area contributed by atoms with Crippen molar-refractivity contribution in [2.75, 3.05) is 59.0 Å². The zero-order valence-corrected chi connectivity index (χ0v) is 20.0. The first-order valence-corrected chi connectivity index (χ1v) is 10.7. The molecule has 3 rings (SSSR count). The Labute approximate surface area is 191 Å². The molecule has 0 amide bonds. The van der Waals surface area contributed by atoms with Crippen LogP contribution in [0.25, 0.3) is 0 Å². The number of guanidine groups is 1. The van der Waals surface area contributed by atoms with E-state index in [0.29, 0.717) is 0 Å². The molecule has 2 saturated heterocycles. The minimum Gasteiger partial charge on any atom is -0.379 e. The van der Waals surface area contributed by atoms with Gasteiger partial charge in [-0.15, -0.1) is 24.0 Å². The van der Waals surface area contributed by atoms with Crippen molar-refractivity contribution in [1.82, 2.24) is 15.1 Å². The molecule has 158 valence electrons. The Morgan fingerprint density at radius 2 is 2.04 bits per heavy atom. The molecular weight excluding hydrogens is 487 g/mol. The minimum absolute atomic E-state index is 0. The van der Waals surface area contributed by atoms with Gasteiger partial charge in [-0.3, -0.25) is 9.89 Å². The minimum atomic E-state index is 0. The molecule has 0 bridgehead atoms. The predicted octanol–water partition coefficient (Wildman–Crippen LogP) is 3.51. The third-order valence-electron chi connectivity index (χ3n) is 5.36. The van der Waals surface area contributed by atoms with Crippen molar-refractivity contribution in [3.05, 3.63) is 34.9 Å². The Balaban J connectivity index is 0.00000280. The van der Waals surface area contributed by atoms with Crippen molar-refractivity contribution in [2.24, 2.45) is 10.9 Å². The van der Waals surface area contributed by atoms with Crippen LogP contribution in [0, 0.1) is 5.92 Å². The van der Waals surface area contributed by atoms with Crippen molar-refractivity contribution < 1.29 is 4.74 Å². The Hall–Kier alpha value is -0.570. The van der Waals surface area contributed by atoms with Gasteiger partial charge in [-0.05, 0) is 43.7 Å². The smallest absolute Gasteiger partial charge is 0.193 e. The average molecular weight is 521 g/mol. The molecule has 1 atom stereocenters. The van der Waals surface area contributed by atoms with Gasteiger partial charge in [0.2, 0.25) is 0 Å². The van der Waals surface area contributed by atoms with Crippen molar-refractivity contribution in [3.8, 4) is 0 Å². The van der Waals surface area contributed by atoms with Gasteiger partial charge in [-0.2, -0.15) is 0 Å². The number of ether oxygens (including phenoxy) is 1. The number of nitrogens with one attached hydrogen (secondary N) is 1. The molecule has 1 unspecified atom stereocenters. The standard InChI is InChI=1S/C21H33ClN4O.HI/c1-2-23-21(24-10-5-7-19-6-3-4-8-20(19)22)26-11-9-18(17-26)16-25-12-14-27-15-13-25;/h3-4,6,8,18H,2,5,7,9-17H2,1H3,(H,23,24);1H. The fraction of sp³-hybridized carbons (Fsp3) is 0.667. The van der Waals surface area contributed by atoms with Crippen LogP contribution < -0.4 is 5.32 Å². The Kier molecular flexibility index (Phi) is 10.9. The largest absolute Gasteiger partial charge is 0.379 e. The van der Waals surface area contributed by atoms with E-state index < -0.39 is 0 Å². The summed E-state index contributed by atoms with van der Waals surface area (Å²) in [5, 5.41) is 4.34. The van der Waals surface area contributed by atoms with Gasteiger partial charge in [0, 0.05) is 50.8 Å². The summed E-state index contributed by atoms with van der Waals surface area (Å²) in [6.07, 6.45) is 3.24. The van der Waals surface area contributed by atoms with Gasteiger partial charge in [-0.25, -0.2) is 0 Å². The summed E-state index contributed by atoms with van der Waals surface area (Å²) < 4.78 is 5.46. The van der Waals surface area contributed by atoms with Crippen LogP contribution in [0.4, 0.5) is 0 Å². The zero-order valence-electron chi connectivity index (χ0n) is 16.9. The molecule has 0 spiro atoms. The quantitative estimate of drug-likeness (QED) is 0.259. The highest BCUT2D eigenvalue weighted by Crippen LogP contribution is 2.19. The Morgan fingerprint density at radius 3 is 2.79 bits per heavy atom. The van der Waals surface area contributed by atoms with Crippen molar-refractivity contribution in [1.29, 1.82) is 0 Å². The summed E-state index contributed by atoms with van der Waals surface area (Å²) in [6.45, 7) is 11.2. The first kappa shape index (κ1) is 23.7. The second kappa shape index (κ2) is 12.9. The molecule has 1 aromatic rings. The Bertz CT molecular complexity index is 610. The van der Waals surface area contributed by atoms with Crippen LogP contribution in [0.1, 0.15) is 25.3 Å². The van der Waals surface area contributed by atoms with Crippen molar-refractivity contribution in [3.63, 3.8) is 0 Å². The van der Waals surface area contributed by atoms with E-state index in [2.05, 4.69) is 28.1 Å². The van der Waals surface area contributed by atoms with Crippen molar-refractivity contribution in [2.45, 2.75) is 26.2 Å². The summed E-state index contributed by atoms with van der Waals surface area (Å²) in [5.41, 5.74) is 1.21. The maximum atomic E-state index is 6.25. The second-order valence-corrected chi connectivity index (χ2v) is 7.85. The van der Waals surface area contributed by atoms with E-state index in [1.165, 1.54) is 18.5 Å². The lowest BCUT2D eigenvalue weighted by Gasteiger charge is -2.29. The highest BCUT2D eigenvalue weighted by Gasteiger charge is 2.27. The molecule has 2 heterocycles. The number of rotatable bonds is 7. The van der Waals surface area contributed by atoms with Gasteiger partial charge in [0.15, 0.2) is 5.96 Å². The van der Waals surface area contributed by atoms with Crippen molar-refractivity contribution >= 4 is 41.5 Å². The monoisotopic (exact) mass is 520 g/mol. The van der Waals surface area contributed by atoms with Crippen LogP contribution in [0.5, 0.6) is 0 Å². The van der Waals surface area contributed by atoms with Gasteiger partial charge in [0.1, 0.15) is 0 Å². The molecule has 0 aromatic heterocycles. The molecular formula is C21H34ClIN4O. The lowest BCUT2D eigenvalue weighted by Crippen LogP contribution is -2.42. The van der Waals surface area contributed by atoms with E-state index in [1.807, 2.05) is 18.2 Å². The average Bonchev–Trinajstić information content (AvgIpc) is 3.15. The Morgan fingerprint density at radius 1 is 1.25 bits per heavy atom. The maximum Gasteiger partial charge on any atom is 0.193 e. The third-order valence-corrected chi connectivity index (χ3v) is 5.73. The number of morpholine rings is 1. The van der Waals surface area contributed by atoms with E-state index in [-0.39, 0.29) is 24.0 Å². The number of hydrogen-bond donors (Lipinski definition) is 1. The van der Waals surface area contributed by atoms with Crippen LogP contribution in [0.3, 0.4) is 0 Å². The first-order chi connectivity index (χ1) is 13.3. The molecule has 1 N–H and O–H groups in total. The van der Waals surface area contributed by atoms with Gasteiger partial charge in [-0.1, -0.05) is 29.8 Å². The van der Waals surface area contributed by atoms with E-state index >= 15 is 0 Å². The summed E-state index contributed by atoms with van der Waals surface area (Å²) in [4.78, 5) is 9.86. The summed E-state index contributed by atoms with van der Waals surface area (Å²) >= 11 is 6.25. The van der Waals surface area contributed by atoms with Gasteiger partial charge < -0.3 is 15.0 Å². The number of halogens is 2. The molecule has 0 saturated carbocycles. The molecule has 5 nitrogen and oxygen atoms in total. The molecule has 28 heavy (non-hydrogen) atoms. The van der Waals surface area contributed by atoms with Crippen LogP contribution in [-0.2, 0) is 11.2 Å². The predicted molar refractivity (Wildman–Crippen MR) is 128 cm³/mol. The fourth-order valence-corrected chi connectivity index (χ4v) is 4.13. The lowest BCUT2D eigenvalue weighted by atomic mass is 10.1. The molecule has 0 aliphatic carbocycles. The van der Waals surface area contributed by atoms with E-state index in [9.17, 15) is 0 Å². The molecule has 0 radical (unpaired) electrons. The van der Waals surface area contributed by atoms with Crippen LogP contribution in [-0.4, -0.2) is 74.8 Å². The van der Waals surface area contributed by atoms with E-state index in [1.54, 1.807) is 0 Å². The lowest BCUT2D eigenvalue weighted by molar-refractivity contribution is 0.0315. The summed E-state index contributed by atoms with van der Waals surface area (Å²) in [6, 6.07) is 8.10. The fourth-order valence-electron chi connectivity index (χ4n) is 3.90. The van der Waals surface area contributed by atoms with Crippen LogP contribution in [0.2, 0.25) is 5.02 Å². The topological polar surface area (TPSA) is 40.1 Å².